The molecule has 2 unspecified atom stereocenters. The van der Waals surface area contributed by atoms with Crippen LogP contribution in [0.25, 0.3) is 0 Å². The van der Waals surface area contributed by atoms with E-state index in [2.05, 4.69) is 39.8 Å². The molecule has 0 aliphatic heterocycles. The average molecular weight is 621 g/mol. The number of hydrogen-bond acceptors (Lipinski definition) is 9. The maximum Gasteiger partial charge on any atom is 0.508 e. The first-order valence-corrected chi connectivity index (χ1v) is 16.5. The lowest BCUT2D eigenvalue weighted by Gasteiger charge is -2.57. The van der Waals surface area contributed by atoms with Crippen molar-refractivity contribution in [3.63, 3.8) is 0 Å². The van der Waals surface area contributed by atoms with E-state index in [9.17, 15) is 14.7 Å². The Morgan fingerprint density at radius 2 is 1.70 bits per heavy atom. The molecule has 44 heavy (non-hydrogen) atoms. The molecule has 0 amide bonds. The number of carbonyl (C=O) groups excluding carboxylic acids is 2. The minimum absolute atomic E-state index is 0.147. The third-order valence-electron chi connectivity index (χ3n) is 12.3. The highest BCUT2D eigenvalue weighted by Gasteiger charge is 2.60. The summed E-state index contributed by atoms with van der Waals surface area (Å²) in [6.07, 6.45) is 8.61. The van der Waals surface area contributed by atoms with Gasteiger partial charge in [0.15, 0.2) is 0 Å². The van der Waals surface area contributed by atoms with Crippen LogP contribution in [-0.4, -0.2) is 69.5 Å². The van der Waals surface area contributed by atoms with Gasteiger partial charge in [0, 0.05) is 25.4 Å². The Morgan fingerprint density at radius 1 is 1.02 bits per heavy atom. The van der Waals surface area contributed by atoms with Crippen molar-refractivity contribution in [2.24, 2.45) is 40.4 Å². The number of ether oxygens (including phenoxy) is 6. The van der Waals surface area contributed by atoms with Gasteiger partial charge in [-0.05, 0) is 81.0 Å². The van der Waals surface area contributed by atoms with Crippen molar-refractivity contribution < 1.29 is 43.1 Å². The number of hydrogen-bond donors (Lipinski definition) is 1. The van der Waals surface area contributed by atoms with Crippen LogP contribution < -0.4 is 0 Å². The molecule has 0 radical (unpaired) electrons. The summed E-state index contributed by atoms with van der Waals surface area (Å²) in [5.41, 5.74) is 1.66. The Bertz CT molecular complexity index is 1100. The first-order valence-electron chi connectivity index (χ1n) is 16.5. The van der Waals surface area contributed by atoms with E-state index in [-0.39, 0.29) is 18.1 Å². The van der Waals surface area contributed by atoms with Gasteiger partial charge in [-0.15, -0.1) is 0 Å². The predicted molar refractivity (Wildman–Crippen MR) is 166 cm³/mol. The predicted octanol–water partition coefficient (Wildman–Crippen LogP) is 7.21. The fourth-order valence-corrected chi connectivity index (χ4v) is 9.48. The molecule has 10 atom stereocenters. The first-order chi connectivity index (χ1) is 20.8. The lowest BCUT2D eigenvalue weighted by molar-refractivity contribution is -0.165. The van der Waals surface area contributed by atoms with Gasteiger partial charge in [0.05, 0.1) is 25.9 Å². The van der Waals surface area contributed by atoms with Crippen LogP contribution in [0.15, 0.2) is 23.3 Å². The highest BCUT2D eigenvalue weighted by Crippen LogP contribution is 2.67. The van der Waals surface area contributed by atoms with Gasteiger partial charge in [-0.1, -0.05) is 57.4 Å². The average Bonchev–Trinajstić information content (AvgIpc) is 3.35. The maximum absolute atomic E-state index is 12.4. The van der Waals surface area contributed by atoms with Gasteiger partial charge in [-0.3, -0.25) is 0 Å². The third kappa shape index (κ3) is 6.43. The van der Waals surface area contributed by atoms with E-state index in [0.717, 1.165) is 37.7 Å². The number of fused-ring (bicyclic) bond motifs is 5. The Hall–Kier alpha value is -2.10. The molecule has 4 rings (SSSR count). The third-order valence-corrected chi connectivity index (χ3v) is 12.3. The Morgan fingerprint density at radius 3 is 2.34 bits per heavy atom. The van der Waals surface area contributed by atoms with E-state index in [4.69, 9.17) is 28.4 Å². The van der Waals surface area contributed by atoms with E-state index < -0.39 is 41.6 Å². The summed E-state index contributed by atoms with van der Waals surface area (Å²) >= 11 is 0. The van der Waals surface area contributed by atoms with Gasteiger partial charge in [-0.25, -0.2) is 9.59 Å². The smallest absolute Gasteiger partial charge is 0.438 e. The van der Waals surface area contributed by atoms with Crippen LogP contribution in [0.1, 0.15) is 92.9 Å². The molecule has 0 spiro atoms. The van der Waals surface area contributed by atoms with Gasteiger partial charge in [0.25, 0.3) is 0 Å². The van der Waals surface area contributed by atoms with Crippen LogP contribution in [0.2, 0.25) is 0 Å². The fourth-order valence-electron chi connectivity index (χ4n) is 9.48. The lowest BCUT2D eigenvalue weighted by atomic mass is 9.49. The minimum atomic E-state index is -0.730. The van der Waals surface area contributed by atoms with Crippen molar-refractivity contribution in [2.45, 2.75) is 117 Å². The molecule has 4 aliphatic carbocycles. The second kappa shape index (κ2) is 13.7. The summed E-state index contributed by atoms with van der Waals surface area (Å²) < 4.78 is 32.1. The quantitative estimate of drug-likeness (QED) is 0.189. The zero-order chi connectivity index (χ0) is 32.4. The van der Waals surface area contributed by atoms with Gasteiger partial charge < -0.3 is 33.5 Å². The second-order valence-corrected chi connectivity index (χ2v) is 14.6. The van der Waals surface area contributed by atoms with Crippen molar-refractivity contribution in [3.8, 4) is 0 Å². The number of rotatable bonds is 11. The van der Waals surface area contributed by atoms with Gasteiger partial charge in [-0.2, -0.15) is 0 Å². The molecule has 250 valence electrons. The van der Waals surface area contributed by atoms with Gasteiger partial charge in [0.1, 0.15) is 19.0 Å². The summed E-state index contributed by atoms with van der Waals surface area (Å²) in [4.78, 5) is 24.4. The molecular weight excluding hydrogens is 564 g/mol. The van der Waals surface area contributed by atoms with Crippen LogP contribution in [0, 0.1) is 40.4 Å². The molecule has 0 aromatic heterocycles. The minimum Gasteiger partial charge on any atom is -0.438 e. The van der Waals surface area contributed by atoms with Crippen molar-refractivity contribution >= 4 is 12.3 Å². The van der Waals surface area contributed by atoms with Crippen molar-refractivity contribution in [1.82, 2.24) is 0 Å². The van der Waals surface area contributed by atoms with E-state index >= 15 is 0 Å². The highest BCUT2D eigenvalue weighted by atomic mass is 16.7. The zero-order valence-corrected chi connectivity index (χ0v) is 28.4. The number of carbonyl (C=O) groups is 2. The monoisotopic (exact) mass is 620 g/mol. The van der Waals surface area contributed by atoms with Gasteiger partial charge >= 0.3 is 12.3 Å². The van der Waals surface area contributed by atoms with Crippen LogP contribution in [0.5, 0.6) is 0 Å². The van der Waals surface area contributed by atoms with Crippen molar-refractivity contribution in [1.29, 1.82) is 0 Å². The standard InChI is InChI=1S/C35H56O9/c1-10-22(17-29(36)33(3,4)42-20-39-7)21(2)26-13-14-27-25-12-11-23-18-24(43-31(37)40-8)19-30(44-32(38)41-9)35(23,6)28(25)15-16-34(26,27)5/h11-12,21-22,24,26-30,36H,10,13-20H2,1-9H3/t21-,22+,24+,26+,27-,28?,29?,30-,34+,35-/m0/s1. The van der Waals surface area contributed by atoms with Crippen LogP contribution in [-0.2, 0) is 28.4 Å². The summed E-state index contributed by atoms with van der Waals surface area (Å²) in [6, 6.07) is 0. The second-order valence-electron chi connectivity index (χ2n) is 14.6. The highest BCUT2D eigenvalue weighted by molar-refractivity contribution is 5.61. The number of methoxy groups -OCH3 is 3. The molecule has 9 nitrogen and oxygen atoms in total. The topological polar surface area (TPSA) is 110 Å². The lowest BCUT2D eigenvalue weighted by Crippen LogP contribution is -2.54. The largest absolute Gasteiger partial charge is 0.508 e. The number of aliphatic hydroxyl groups is 1. The summed E-state index contributed by atoms with van der Waals surface area (Å²) in [6.45, 7) is 13.4. The summed E-state index contributed by atoms with van der Waals surface area (Å²) in [7, 11) is 4.21. The first kappa shape index (κ1) is 34.8. The molecule has 1 N–H and O–H groups in total. The molecule has 4 aliphatic rings. The Kier molecular flexibility index (Phi) is 10.8. The van der Waals surface area contributed by atoms with Crippen molar-refractivity contribution in [3.05, 3.63) is 23.3 Å². The molecule has 9 heteroatoms. The Labute approximate surface area is 264 Å². The van der Waals surface area contributed by atoms with E-state index in [0.29, 0.717) is 42.9 Å². The van der Waals surface area contributed by atoms with E-state index in [1.807, 2.05) is 13.8 Å². The number of aliphatic hydroxyl groups excluding tert-OH is 1. The molecule has 3 fully saturated rings. The summed E-state index contributed by atoms with van der Waals surface area (Å²) in [5.74, 6) is 2.03. The summed E-state index contributed by atoms with van der Waals surface area (Å²) in [5, 5.41) is 11.2. The van der Waals surface area contributed by atoms with Gasteiger partial charge in [0.2, 0.25) is 0 Å². The molecule has 3 saturated carbocycles. The Balaban J connectivity index is 1.58. The van der Waals surface area contributed by atoms with Crippen LogP contribution in [0.3, 0.4) is 0 Å². The van der Waals surface area contributed by atoms with Crippen molar-refractivity contribution in [2.75, 3.05) is 28.1 Å². The van der Waals surface area contributed by atoms with Crippen LogP contribution in [0.4, 0.5) is 9.59 Å². The molecule has 0 saturated heterocycles. The number of allylic oxidation sites excluding steroid dienone is 3. The molecule has 0 bridgehead atoms. The molecule has 0 heterocycles. The fraction of sp³-hybridized carbons (Fsp3) is 0.829. The normalized spacial score (nSPS) is 35.1. The van der Waals surface area contributed by atoms with E-state index in [1.165, 1.54) is 19.8 Å². The molecule has 0 aromatic carbocycles. The van der Waals surface area contributed by atoms with Crippen LogP contribution >= 0.6 is 0 Å². The molecule has 0 aromatic rings. The SMILES string of the molecule is CC[C@H](CC(O)C(C)(C)OCOC)[C@H](C)[C@H]1CC[C@H]2C3=CC=C4C[C@@H](OC(=O)OC)C[C@H](OC(=O)OC)[C@]4(C)C3CC[C@]12C. The van der Waals surface area contributed by atoms with E-state index in [1.54, 1.807) is 7.11 Å². The zero-order valence-electron chi connectivity index (χ0n) is 28.4. The maximum atomic E-state index is 12.4. The molecular formula is C35H56O9.